The molecule has 0 saturated carbocycles. The predicted octanol–water partition coefficient (Wildman–Crippen LogP) is 3.68. The van der Waals surface area contributed by atoms with Crippen molar-refractivity contribution in [2.75, 3.05) is 0 Å². The average molecular weight is 180 g/mol. The molecule has 0 amide bonds. The lowest BCUT2D eigenvalue weighted by Crippen LogP contribution is -1.91. The lowest BCUT2D eigenvalue weighted by atomic mass is 10.1. The van der Waals surface area contributed by atoms with Gasteiger partial charge in [0.2, 0.25) is 0 Å². The Labute approximate surface area is 81.9 Å². The van der Waals surface area contributed by atoms with Gasteiger partial charge in [-0.25, -0.2) is 0 Å². The molecule has 0 aromatic heterocycles. The maximum atomic E-state index is 10.9. The molecule has 74 valence electrons. The van der Waals surface area contributed by atoms with Gasteiger partial charge in [0.1, 0.15) is 0 Å². The zero-order valence-electron chi connectivity index (χ0n) is 9.29. The Morgan fingerprint density at radius 1 is 1.08 bits per heavy atom. The number of rotatable bonds is 3. The van der Waals surface area contributed by atoms with E-state index in [0.717, 1.165) is 5.57 Å². The molecule has 0 N–H and O–H groups in total. The first kappa shape index (κ1) is 14.4. The molecule has 0 aromatic carbocycles. The topological polar surface area (TPSA) is 17.1 Å². The molecule has 1 heteroatoms. The average Bonchev–Trinajstić information content (AvgIpc) is 2.15. The Morgan fingerprint density at radius 3 is 1.92 bits per heavy atom. The number of ketones is 1. The van der Waals surface area contributed by atoms with Crippen LogP contribution in [0.25, 0.3) is 0 Å². The molecule has 0 saturated heterocycles. The molecule has 0 aliphatic rings. The largest absolute Gasteiger partial charge is 0.295 e. The van der Waals surface area contributed by atoms with Crippen LogP contribution < -0.4 is 0 Å². The van der Waals surface area contributed by atoms with Crippen LogP contribution in [-0.4, -0.2) is 5.78 Å². The summed E-state index contributed by atoms with van der Waals surface area (Å²) in [5, 5.41) is 0. The molecule has 0 aliphatic heterocycles. The van der Waals surface area contributed by atoms with Crippen LogP contribution in [0.1, 0.15) is 34.6 Å². The van der Waals surface area contributed by atoms with Gasteiger partial charge in [0, 0.05) is 5.57 Å². The van der Waals surface area contributed by atoms with Gasteiger partial charge in [-0.1, -0.05) is 44.2 Å². The highest BCUT2D eigenvalue weighted by molar-refractivity contribution is 5.96. The first-order valence-corrected chi connectivity index (χ1v) is 4.69. The molecule has 0 bridgehead atoms. The quantitative estimate of drug-likeness (QED) is 0.478. The second-order valence-electron chi connectivity index (χ2n) is 2.20. The molecule has 0 atom stereocenters. The van der Waals surface area contributed by atoms with Crippen molar-refractivity contribution in [1.29, 1.82) is 0 Å². The second kappa shape index (κ2) is 10.9. The SMILES string of the molecule is CC.C\C=C/C=C(\C=C/C)C(C)=O. The highest BCUT2D eigenvalue weighted by atomic mass is 16.1. The van der Waals surface area contributed by atoms with Crippen molar-refractivity contribution in [3.8, 4) is 0 Å². The van der Waals surface area contributed by atoms with Gasteiger partial charge in [-0.05, 0) is 20.8 Å². The summed E-state index contributed by atoms with van der Waals surface area (Å²) in [6, 6.07) is 0. The number of carbonyl (C=O) groups is 1. The molecular weight excluding hydrogens is 160 g/mol. The number of hydrogen-bond acceptors (Lipinski definition) is 1. The lowest BCUT2D eigenvalue weighted by molar-refractivity contribution is -0.113. The Balaban J connectivity index is 0. The molecule has 0 rings (SSSR count). The number of Topliss-reactive ketones (excluding diaryl/α,β-unsaturated/α-hetero) is 1. The zero-order chi connectivity index (χ0) is 10.7. The van der Waals surface area contributed by atoms with E-state index in [-0.39, 0.29) is 5.78 Å². The Kier molecular flexibility index (Phi) is 12.1. The maximum Gasteiger partial charge on any atom is 0.159 e. The van der Waals surface area contributed by atoms with Crippen LogP contribution in [0.5, 0.6) is 0 Å². The second-order valence-corrected chi connectivity index (χ2v) is 2.20. The van der Waals surface area contributed by atoms with Crippen LogP contribution >= 0.6 is 0 Å². The molecule has 0 radical (unpaired) electrons. The highest BCUT2D eigenvalue weighted by Crippen LogP contribution is 1.98. The van der Waals surface area contributed by atoms with Crippen LogP contribution in [0, 0.1) is 0 Å². The Morgan fingerprint density at radius 2 is 1.62 bits per heavy atom. The zero-order valence-corrected chi connectivity index (χ0v) is 9.29. The van der Waals surface area contributed by atoms with E-state index in [1.165, 1.54) is 0 Å². The monoisotopic (exact) mass is 180 g/mol. The third-order valence-corrected chi connectivity index (χ3v) is 1.22. The third-order valence-electron chi connectivity index (χ3n) is 1.22. The summed E-state index contributed by atoms with van der Waals surface area (Å²) in [6.45, 7) is 9.38. The van der Waals surface area contributed by atoms with E-state index in [0.29, 0.717) is 0 Å². The lowest BCUT2D eigenvalue weighted by Gasteiger charge is -1.91. The van der Waals surface area contributed by atoms with Crippen LogP contribution in [0.4, 0.5) is 0 Å². The van der Waals surface area contributed by atoms with Gasteiger partial charge in [-0.15, -0.1) is 0 Å². The molecule has 0 aromatic rings. The van der Waals surface area contributed by atoms with Gasteiger partial charge in [0.15, 0.2) is 5.78 Å². The number of hydrogen-bond donors (Lipinski definition) is 0. The first-order valence-electron chi connectivity index (χ1n) is 4.69. The van der Waals surface area contributed by atoms with Gasteiger partial charge in [0.05, 0.1) is 0 Å². The van der Waals surface area contributed by atoms with Crippen molar-refractivity contribution >= 4 is 5.78 Å². The summed E-state index contributed by atoms with van der Waals surface area (Å²) in [4.78, 5) is 10.9. The van der Waals surface area contributed by atoms with Crippen molar-refractivity contribution in [2.45, 2.75) is 34.6 Å². The van der Waals surface area contributed by atoms with Crippen LogP contribution in [-0.2, 0) is 4.79 Å². The maximum absolute atomic E-state index is 10.9. The number of carbonyl (C=O) groups excluding carboxylic acids is 1. The highest BCUT2D eigenvalue weighted by Gasteiger charge is 1.94. The van der Waals surface area contributed by atoms with Crippen molar-refractivity contribution in [1.82, 2.24) is 0 Å². The smallest absolute Gasteiger partial charge is 0.159 e. The minimum atomic E-state index is 0.0983. The standard InChI is InChI=1S/C10H14O.C2H6/c1-4-6-8-10(7-5-2)9(3)11;1-2/h4-8H,1-3H3;1-2H3/b6-4-,7-5-,10-8+;. The summed E-state index contributed by atoms with van der Waals surface area (Å²) >= 11 is 0. The molecule has 0 fully saturated rings. The summed E-state index contributed by atoms with van der Waals surface area (Å²) in [7, 11) is 0. The summed E-state index contributed by atoms with van der Waals surface area (Å²) < 4.78 is 0. The molecule has 1 nitrogen and oxygen atoms in total. The van der Waals surface area contributed by atoms with Crippen molar-refractivity contribution in [2.24, 2.45) is 0 Å². The van der Waals surface area contributed by atoms with Crippen molar-refractivity contribution < 1.29 is 4.79 Å². The first-order chi connectivity index (χ1) is 6.22. The predicted molar refractivity (Wildman–Crippen MR) is 59.7 cm³/mol. The molecule has 13 heavy (non-hydrogen) atoms. The molecule has 0 unspecified atom stereocenters. The Hall–Kier alpha value is -1.11. The fourth-order valence-electron chi connectivity index (χ4n) is 0.670. The normalized spacial score (nSPS) is 11.6. The van der Waals surface area contributed by atoms with Crippen LogP contribution in [0.2, 0.25) is 0 Å². The van der Waals surface area contributed by atoms with Gasteiger partial charge in [-0.2, -0.15) is 0 Å². The molecular formula is C12H20O. The van der Waals surface area contributed by atoms with E-state index in [1.807, 2.05) is 58.1 Å². The van der Waals surface area contributed by atoms with E-state index in [4.69, 9.17) is 0 Å². The molecule has 0 heterocycles. The van der Waals surface area contributed by atoms with Crippen LogP contribution in [0.15, 0.2) is 36.0 Å². The summed E-state index contributed by atoms with van der Waals surface area (Å²) in [5.41, 5.74) is 0.741. The minimum Gasteiger partial charge on any atom is -0.295 e. The van der Waals surface area contributed by atoms with Gasteiger partial charge in [-0.3, -0.25) is 4.79 Å². The van der Waals surface area contributed by atoms with E-state index in [2.05, 4.69) is 0 Å². The number of allylic oxidation sites excluding steroid dienone is 6. The van der Waals surface area contributed by atoms with Gasteiger partial charge < -0.3 is 0 Å². The summed E-state index contributed by atoms with van der Waals surface area (Å²) in [6.07, 6.45) is 9.23. The molecule has 0 spiro atoms. The third kappa shape index (κ3) is 8.80. The summed E-state index contributed by atoms with van der Waals surface area (Å²) in [5.74, 6) is 0.0983. The van der Waals surface area contributed by atoms with E-state index >= 15 is 0 Å². The fourth-order valence-corrected chi connectivity index (χ4v) is 0.670. The van der Waals surface area contributed by atoms with E-state index in [1.54, 1.807) is 6.92 Å². The van der Waals surface area contributed by atoms with E-state index in [9.17, 15) is 4.79 Å². The van der Waals surface area contributed by atoms with Gasteiger partial charge in [0.25, 0.3) is 0 Å². The Bertz CT molecular complexity index is 207. The fraction of sp³-hybridized carbons (Fsp3) is 0.417. The van der Waals surface area contributed by atoms with Crippen LogP contribution in [0.3, 0.4) is 0 Å². The minimum absolute atomic E-state index is 0.0983. The van der Waals surface area contributed by atoms with Crippen molar-refractivity contribution in [3.63, 3.8) is 0 Å². The van der Waals surface area contributed by atoms with E-state index < -0.39 is 0 Å². The molecule has 0 aliphatic carbocycles. The van der Waals surface area contributed by atoms with Crippen molar-refractivity contribution in [3.05, 3.63) is 36.0 Å². The van der Waals surface area contributed by atoms with Gasteiger partial charge >= 0.3 is 0 Å².